The number of amides is 2. The van der Waals surface area contributed by atoms with Crippen LogP contribution in [0.25, 0.3) is 6.08 Å². The van der Waals surface area contributed by atoms with Crippen LogP contribution in [0.4, 0.5) is 5.69 Å². The Morgan fingerprint density at radius 3 is 2.35 bits per heavy atom. The molecule has 7 nitrogen and oxygen atoms in total. The highest BCUT2D eigenvalue weighted by molar-refractivity contribution is 5.92. The predicted molar refractivity (Wildman–Crippen MR) is 98.3 cm³/mol. The Hall–Kier alpha value is -3.48. The Kier molecular flexibility index (Phi) is 7.05. The third-order valence-electron chi connectivity index (χ3n) is 3.50. The van der Waals surface area contributed by atoms with Gasteiger partial charge < -0.3 is 10.6 Å². The van der Waals surface area contributed by atoms with Gasteiger partial charge >= 0.3 is 0 Å². The van der Waals surface area contributed by atoms with E-state index in [0.29, 0.717) is 12.1 Å². The first kappa shape index (κ1) is 18.9. The highest BCUT2D eigenvalue weighted by Gasteiger charge is 2.09. The maximum absolute atomic E-state index is 11.8. The maximum Gasteiger partial charge on any atom is 0.276 e. The first-order valence-corrected chi connectivity index (χ1v) is 8.06. The second-order valence-corrected chi connectivity index (χ2v) is 5.45. The Morgan fingerprint density at radius 2 is 1.62 bits per heavy atom. The molecule has 0 saturated carbocycles. The quantitative estimate of drug-likeness (QED) is 0.328. The normalized spacial score (nSPS) is 10.5. The molecule has 0 bridgehead atoms. The molecule has 0 aromatic heterocycles. The van der Waals surface area contributed by atoms with Crippen LogP contribution in [0.5, 0.6) is 0 Å². The Bertz CT molecular complexity index is 803. The first-order chi connectivity index (χ1) is 12.6. The summed E-state index contributed by atoms with van der Waals surface area (Å²) in [6.45, 7) is 0.567. The lowest BCUT2D eigenvalue weighted by Gasteiger charge is -2.06. The average Bonchev–Trinajstić information content (AvgIpc) is 2.64. The van der Waals surface area contributed by atoms with Crippen LogP contribution in [0.1, 0.15) is 11.1 Å². The van der Waals surface area contributed by atoms with Crippen molar-refractivity contribution in [2.75, 3.05) is 13.1 Å². The fourth-order valence-corrected chi connectivity index (χ4v) is 2.25. The van der Waals surface area contributed by atoms with Crippen molar-refractivity contribution < 1.29 is 14.5 Å². The van der Waals surface area contributed by atoms with Crippen LogP contribution in [-0.2, 0) is 16.0 Å². The highest BCUT2D eigenvalue weighted by Crippen LogP contribution is 2.18. The lowest BCUT2D eigenvalue weighted by atomic mass is 10.1. The average molecular weight is 353 g/mol. The maximum atomic E-state index is 11.8. The fourth-order valence-electron chi connectivity index (χ4n) is 2.25. The number of rotatable bonds is 8. The van der Waals surface area contributed by atoms with E-state index in [1.54, 1.807) is 18.2 Å². The molecule has 0 unspecified atom stereocenters. The van der Waals surface area contributed by atoms with Gasteiger partial charge in [-0.15, -0.1) is 0 Å². The summed E-state index contributed by atoms with van der Waals surface area (Å²) in [6.07, 6.45) is 2.90. The smallest absolute Gasteiger partial charge is 0.276 e. The van der Waals surface area contributed by atoms with E-state index in [1.165, 1.54) is 18.2 Å². The van der Waals surface area contributed by atoms with Gasteiger partial charge in [0.05, 0.1) is 16.9 Å². The summed E-state index contributed by atoms with van der Waals surface area (Å²) >= 11 is 0. The number of nitro groups is 1. The van der Waals surface area contributed by atoms with Gasteiger partial charge in [-0.25, -0.2) is 0 Å². The van der Waals surface area contributed by atoms with Gasteiger partial charge in [-0.1, -0.05) is 42.5 Å². The van der Waals surface area contributed by atoms with Crippen molar-refractivity contribution in [2.24, 2.45) is 0 Å². The van der Waals surface area contributed by atoms with E-state index in [4.69, 9.17) is 0 Å². The third kappa shape index (κ3) is 6.20. The number of hydrogen-bond donors (Lipinski definition) is 2. The van der Waals surface area contributed by atoms with Gasteiger partial charge in [0.2, 0.25) is 11.8 Å². The number of nitrogens with zero attached hydrogens (tertiary/aromatic N) is 1. The summed E-state index contributed by atoms with van der Waals surface area (Å²) in [6, 6.07) is 15.5. The van der Waals surface area contributed by atoms with E-state index in [-0.39, 0.29) is 30.5 Å². The molecule has 7 heteroatoms. The topological polar surface area (TPSA) is 101 Å². The largest absolute Gasteiger partial charge is 0.354 e. The standard InChI is InChI=1S/C19H19N3O4/c23-18(11-10-16-8-4-5-9-17(16)22(25)26)20-12-13-21-19(24)14-15-6-2-1-3-7-15/h1-11H,12-14H2,(H,20,23)(H,21,24)/b11-10+. The summed E-state index contributed by atoms with van der Waals surface area (Å²) in [7, 11) is 0. The SMILES string of the molecule is O=C(/C=C/c1ccccc1[N+](=O)[O-])NCCNC(=O)Cc1ccccc1. The number of para-hydroxylation sites is 1. The molecule has 134 valence electrons. The molecular weight excluding hydrogens is 334 g/mol. The molecule has 0 fully saturated rings. The molecule has 0 aliphatic heterocycles. The summed E-state index contributed by atoms with van der Waals surface area (Å²) < 4.78 is 0. The molecule has 0 saturated heterocycles. The summed E-state index contributed by atoms with van der Waals surface area (Å²) in [5, 5.41) is 16.2. The van der Waals surface area contributed by atoms with E-state index >= 15 is 0 Å². The number of carbonyl (C=O) groups excluding carboxylic acids is 2. The molecule has 26 heavy (non-hydrogen) atoms. The lowest BCUT2D eigenvalue weighted by molar-refractivity contribution is -0.385. The van der Waals surface area contributed by atoms with Gasteiger partial charge in [0.15, 0.2) is 0 Å². The molecule has 0 heterocycles. The number of carbonyl (C=O) groups is 2. The molecule has 0 aliphatic carbocycles. The Balaban J connectivity index is 1.72. The van der Waals surface area contributed by atoms with Crippen LogP contribution < -0.4 is 10.6 Å². The second kappa shape index (κ2) is 9.73. The molecule has 2 amide bonds. The van der Waals surface area contributed by atoms with E-state index in [0.717, 1.165) is 5.56 Å². The molecule has 2 aromatic rings. The van der Waals surface area contributed by atoms with Crippen molar-refractivity contribution in [3.8, 4) is 0 Å². The van der Waals surface area contributed by atoms with Crippen molar-refractivity contribution in [2.45, 2.75) is 6.42 Å². The molecular formula is C19H19N3O4. The van der Waals surface area contributed by atoms with Crippen LogP contribution >= 0.6 is 0 Å². The van der Waals surface area contributed by atoms with E-state index in [2.05, 4.69) is 10.6 Å². The Labute approximate surface area is 150 Å². The Morgan fingerprint density at radius 1 is 0.962 bits per heavy atom. The zero-order valence-corrected chi connectivity index (χ0v) is 14.1. The molecule has 0 radical (unpaired) electrons. The van der Waals surface area contributed by atoms with Crippen LogP contribution in [0.15, 0.2) is 60.7 Å². The van der Waals surface area contributed by atoms with Gasteiger partial charge in [-0.05, 0) is 17.7 Å². The monoisotopic (exact) mass is 353 g/mol. The zero-order valence-electron chi connectivity index (χ0n) is 14.1. The number of benzene rings is 2. The van der Waals surface area contributed by atoms with Gasteiger partial charge in [0.1, 0.15) is 0 Å². The molecule has 2 aromatic carbocycles. The summed E-state index contributed by atoms with van der Waals surface area (Å²) in [5.41, 5.74) is 1.20. The van der Waals surface area contributed by atoms with E-state index in [1.807, 2.05) is 30.3 Å². The lowest BCUT2D eigenvalue weighted by Crippen LogP contribution is -2.34. The number of hydrogen-bond acceptors (Lipinski definition) is 4. The van der Waals surface area contributed by atoms with Crippen LogP contribution in [-0.4, -0.2) is 29.8 Å². The summed E-state index contributed by atoms with van der Waals surface area (Å²) in [5.74, 6) is -0.513. The minimum atomic E-state index is -0.500. The molecule has 2 N–H and O–H groups in total. The molecule has 0 atom stereocenters. The summed E-state index contributed by atoms with van der Waals surface area (Å²) in [4.78, 5) is 33.9. The van der Waals surface area contributed by atoms with E-state index < -0.39 is 4.92 Å². The van der Waals surface area contributed by atoms with Crippen molar-refractivity contribution in [3.05, 3.63) is 81.9 Å². The van der Waals surface area contributed by atoms with Crippen LogP contribution in [0, 0.1) is 10.1 Å². The zero-order chi connectivity index (χ0) is 18.8. The van der Waals surface area contributed by atoms with Gasteiger partial charge in [0.25, 0.3) is 5.69 Å². The highest BCUT2D eigenvalue weighted by atomic mass is 16.6. The van der Waals surface area contributed by atoms with Gasteiger partial charge in [-0.2, -0.15) is 0 Å². The van der Waals surface area contributed by atoms with Crippen LogP contribution in [0.3, 0.4) is 0 Å². The predicted octanol–water partition coefficient (Wildman–Crippen LogP) is 2.08. The fraction of sp³-hybridized carbons (Fsp3) is 0.158. The minimum Gasteiger partial charge on any atom is -0.354 e. The number of nitro benzene ring substituents is 1. The van der Waals surface area contributed by atoms with E-state index in [9.17, 15) is 19.7 Å². The van der Waals surface area contributed by atoms with Crippen molar-refractivity contribution in [3.63, 3.8) is 0 Å². The molecule has 2 rings (SSSR count). The molecule has 0 spiro atoms. The van der Waals surface area contributed by atoms with Crippen molar-refractivity contribution in [1.29, 1.82) is 0 Å². The van der Waals surface area contributed by atoms with Crippen molar-refractivity contribution in [1.82, 2.24) is 10.6 Å². The minimum absolute atomic E-state index is 0.0651. The first-order valence-electron chi connectivity index (χ1n) is 8.06. The second-order valence-electron chi connectivity index (χ2n) is 5.45. The van der Waals surface area contributed by atoms with Gasteiger partial charge in [0, 0.05) is 25.2 Å². The van der Waals surface area contributed by atoms with Crippen molar-refractivity contribution >= 4 is 23.6 Å². The number of nitrogens with one attached hydrogen (secondary N) is 2. The van der Waals surface area contributed by atoms with Crippen LogP contribution in [0.2, 0.25) is 0 Å². The molecule has 0 aliphatic rings. The third-order valence-corrected chi connectivity index (χ3v) is 3.50. The van der Waals surface area contributed by atoms with Gasteiger partial charge in [-0.3, -0.25) is 19.7 Å².